The Labute approximate surface area is 218 Å². The Morgan fingerprint density at radius 3 is 2.47 bits per heavy atom. The number of fused-ring (bicyclic) bond motifs is 2. The number of para-hydroxylation sites is 1. The molecule has 4 aromatic rings. The molecule has 1 aromatic heterocycles. The molecule has 36 heavy (non-hydrogen) atoms. The number of rotatable bonds is 10. The Hall–Kier alpha value is -3.55. The van der Waals surface area contributed by atoms with Crippen LogP contribution in [-0.4, -0.2) is 43.6 Å². The predicted molar refractivity (Wildman–Crippen MR) is 146 cm³/mol. The van der Waals surface area contributed by atoms with Gasteiger partial charge in [-0.1, -0.05) is 24.3 Å². The van der Waals surface area contributed by atoms with E-state index in [0.717, 1.165) is 11.3 Å². The Balaban J connectivity index is 1.37. The maximum atomic E-state index is 12.8. The molecular formula is C27H25Cl2N3O4. The fourth-order valence-electron chi connectivity index (χ4n) is 3.84. The zero-order chi connectivity index (χ0) is 25.5. The van der Waals surface area contributed by atoms with Crippen LogP contribution in [-0.2, 0) is 4.79 Å². The molecule has 0 radical (unpaired) electrons. The molecule has 3 aromatic carbocycles. The molecule has 0 bridgehead atoms. The Bertz CT molecular complexity index is 1450. The van der Waals surface area contributed by atoms with Crippen LogP contribution in [0.5, 0.6) is 5.75 Å². The number of aryl methyl sites for hydroxylation is 1. The van der Waals surface area contributed by atoms with Gasteiger partial charge in [0.2, 0.25) is 5.43 Å². The van der Waals surface area contributed by atoms with Crippen LogP contribution in [0.4, 0.5) is 5.69 Å². The molecular weight excluding hydrogens is 501 g/mol. The van der Waals surface area contributed by atoms with Crippen molar-refractivity contribution in [2.24, 2.45) is 5.10 Å². The van der Waals surface area contributed by atoms with Crippen molar-refractivity contribution in [3.8, 4) is 5.75 Å². The van der Waals surface area contributed by atoms with Crippen LogP contribution in [0.2, 0.25) is 0 Å². The first kappa shape index (κ1) is 25.5. The summed E-state index contributed by atoms with van der Waals surface area (Å²) >= 11 is 11.7. The van der Waals surface area contributed by atoms with Crippen LogP contribution in [0.1, 0.15) is 11.1 Å². The number of amides is 1. The van der Waals surface area contributed by atoms with Gasteiger partial charge >= 0.3 is 0 Å². The zero-order valence-corrected chi connectivity index (χ0v) is 21.2. The molecule has 1 heterocycles. The standard InChI is InChI=1S/C27H25Cl2N3O4/c1-18-23(11-10-22-26(34)21-4-2-3-5-24(21)36-27(18)22)35-17-25(33)31-30-16-19-6-8-20(9-7-19)32(14-12-28)15-13-29/h2-11,16H,12-15,17H2,1H3,(H,31,33). The zero-order valence-electron chi connectivity index (χ0n) is 19.7. The smallest absolute Gasteiger partial charge is 0.277 e. The number of nitrogens with zero attached hydrogens (tertiary/aromatic N) is 2. The molecule has 1 amide bonds. The third-order valence-corrected chi connectivity index (χ3v) is 6.01. The van der Waals surface area contributed by atoms with Crippen molar-refractivity contribution < 1.29 is 13.9 Å². The molecule has 0 atom stereocenters. The molecule has 1 N–H and O–H groups in total. The molecule has 0 aliphatic heterocycles. The number of ether oxygens (including phenoxy) is 1. The SMILES string of the molecule is Cc1c(OCC(=O)NN=Cc2ccc(N(CCCl)CCCl)cc2)ccc2c(=O)c3ccccc3oc12. The van der Waals surface area contributed by atoms with Crippen molar-refractivity contribution in [3.63, 3.8) is 0 Å². The summed E-state index contributed by atoms with van der Waals surface area (Å²) in [6.07, 6.45) is 1.55. The van der Waals surface area contributed by atoms with E-state index in [9.17, 15) is 9.59 Å². The number of alkyl halides is 2. The number of hydrogen-bond donors (Lipinski definition) is 1. The van der Waals surface area contributed by atoms with Crippen LogP contribution < -0.4 is 20.5 Å². The molecule has 4 rings (SSSR count). The van der Waals surface area contributed by atoms with Gasteiger partial charge in [-0.2, -0.15) is 5.10 Å². The summed E-state index contributed by atoms with van der Waals surface area (Å²) in [7, 11) is 0. The molecule has 0 saturated carbocycles. The van der Waals surface area contributed by atoms with Gasteiger partial charge in [0.1, 0.15) is 16.9 Å². The Morgan fingerprint density at radius 1 is 1.03 bits per heavy atom. The predicted octanol–water partition coefficient (Wildman–Crippen LogP) is 5.07. The van der Waals surface area contributed by atoms with Crippen molar-refractivity contribution >= 4 is 62.9 Å². The maximum absolute atomic E-state index is 12.8. The number of carbonyl (C=O) groups is 1. The van der Waals surface area contributed by atoms with Gasteiger partial charge in [-0.15, -0.1) is 23.2 Å². The third-order valence-electron chi connectivity index (χ3n) is 5.67. The number of hydrogen-bond acceptors (Lipinski definition) is 6. The van der Waals surface area contributed by atoms with Gasteiger partial charge in [0.25, 0.3) is 5.91 Å². The second kappa shape index (κ2) is 11.9. The van der Waals surface area contributed by atoms with E-state index in [0.29, 0.717) is 58.1 Å². The van der Waals surface area contributed by atoms with Crippen LogP contribution in [0.15, 0.2) is 75.0 Å². The van der Waals surface area contributed by atoms with E-state index in [-0.39, 0.29) is 12.0 Å². The van der Waals surface area contributed by atoms with E-state index in [1.54, 1.807) is 43.5 Å². The molecule has 0 spiro atoms. The average Bonchev–Trinajstić information content (AvgIpc) is 2.89. The second-order valence-corrected chi connectivity index (χ2v) is 8.79. The van der Waals surface area contributed by atoms with E-state index < -0.39 is 5.91 Å². The van der Waals surface area contributed by atoms with Gasteiger partial charge in [0.05, 0.1) is 17.0 Å². The quantitative estimate of drug-likeness (QED) is 0.135. The topological polar surface area (TPSA) is 84.1 Å². The maximum Gasteiger partial charge on any atom is 0.277 e. The first-order valence-corrected chi connectivity index (χ1v) is 12.5. The second-order valence-electron chi connectivity index (χ2n) is 8.03. The number of anilines is 1. The number of benzene rings is 3. The van der Waals surface area contributed by atoms with Gasteiger partial charge in [0, 0.05) is 36.1 Å². The lowest BCUT2D eigenvalue weighted by molar-refractivity contribution is -0.123. The molecule has 9 heteroatoms. The van der Waals surface area contributed by atoms with Crippen LogP contribution in [0.25, 0.3) is 21.9 Å². The molecule has 0 saturated heterocycles. The van der Waals surface area contributed by atoms with E-state index in [1.807, 2.05) is 30.3 Å². The molecule has 0 aliphatic rings. The molecule has 0 unspecified atom stereocenters. The first-order chi connectivity index (χ1) is 17.5. The van der Waals surface area contributed by atoms with Gasteiger partial charge in [-0.25, -0.2) is 5.43 Å². The van der Waals surface area contributed by atoms with E-state index in [1.165, 1.54) is 0 Å². The Kier molecular flexibility index (Phi) is 8.46. The van der Waals surface area contributed by atoms with Crippen molar-refractivity contribution in [1.82, 2.24) is 5.43 Å². The van der Waals surface area contributed by atoms with Gasteiger partial charge in [-0.3, -0.25) is 9.59 Å². The average molecular weight is 526 g/mol. The van der Waals surface area contributed by atoms with Crippen LogP contribution in [0.3, 0.4) is 0 Å². The highest BCUT2D eigenvalue weighted by Crippen LogP contribution is 2.28. The summed E-state index contributed by atoms with van der Waals surface area (Å²) in [6.45, 7) is 2.96. The number of nitrogens with one attached hydrogen (secondary N) is 1. The molecule has 7 nitrogen and oxygen atoms in total. The number of halogens is 2. The summed E-state index contributed by atoms with van der Waals surface area (Å²) in [5.74, 6) is 1.06. The highest BCUT2D eigenvalue weighted by Gasteiger charge is 2.13. The lowest BCUT2D eigenvalue weighted by atomic mass is 10.1. The minimum Gasteiger partial charge on any atom is -0.483 e. The van der Waals surface area contributed by atoms with Crippen molar-refractivity contribution in [2.45, 2.75) is 6.92 Å². The largest absolute Gasteiger partial charge is 0.483 e. The van der Waals surface area contributed by atoms with Crippen molar-refractivity contribution in [3.05, 3.63) is 82.0 Å². The normalized spacial score (nSPS) is 11.3. The van der Waals surface area contributed by atoms with Crippen molar-refractivity contribution in [2.75, 3.05) is 36.4 Å². The first-order valence-electron chi connectivity index (χ1n) is 11.4. The fourth-order valence-corrected chi connectivity index (χ4v) is 4.25. The molecule has 0 aliphatic carbocycles. The monoisotopic (exact) mass is 525 g/mol. The van der Waals surface area contributed by atoms with E-state index in [4.69, 9.17) is 32.4 Å². The van der Waals surface area contributed by atoms with E-state index >= 15 is 0 Å². The fraction of sp³-hybridized carbons (Fsp3) is 0.222. The Morgan fingerprint density at radius 2 is 1.75 bits per heavy atom. The summed E-state index contributed by atoms with van der Waals surface area (Å²) in [4.78, 5) is 27.1. The molecule has 0 fully saturated rings. The highest BCUT2D eigenvalue weighted by molar-refractivity contribution is 6.18. The van der Waals surface area contributed by atoms with Gasteiger partial charge < -0.3 is 14.1 Å². The minimum absolute atomic E-state index is 0.104. The lowest BCUT2D eigenvalue weighted by Gasteiger charge is -2.22. The summed E-state index contributed by atoms with van der Waals surface area (Å²) < 4.78 is 11.6. The highest BCUT2D eigenvalue weighted by atomic mass is 35.5. The summed E-state index contributed by atoms with van der Waals surface area (Å²) in [5.41, 5.74) is 5.77. The lowest BCUT2D eigenvalue weighted by Crippen LogP contribution is -2.27. The van der Waals surface area contributed by atoms with Crippen LogP contribution >= 0.6 is 23.2 Å². The number of hydrazone groups is 1. The summed E-state index contributed by atoms with van der Waals surface area (Å²) in [6, 6.07) is 18.1. The number of carbonyl (C=O) groups excluding carboxylic acids is 1. The summed E-state index contributed by atoms with van der Waals surface area (Å²) in [5, 5.41) is 4.98. The van der Waals surface area contributed by atoms with E-state index in [2.05, 4.69) is 15.4 Å². The minimum atomic E-state index is -0.419. The third kappa shape index (κ3) is 5.80. The molecule has 186 valence electrons. The van der Waals surface area contributed by atoms with Gasteiger partial charge in [-0.05, 0) is 48.9 Å². The van der Waals surface area contributed by atoms with Crippen molar-refractivity contribution in [1.29, 1.82) is 0 Å². The van der Waals surface area contributed by atoms with Gasteiger partial charge in [0.15, 0.2) is 6.61 Å². The van der Waals surface area contributed by atoms with Crippen LogP contribution in [0, 0.1) is 6.92 Å².